The highest BCUT2D eigenvalue weighted by atomic mass is 35.5. The normalized spacial score (nSPS) is 12.3. The molecule has 0 saturated heterocycles. The minimum absolute atomic E-state index is 0.158. The highest BCUT2D eigenvalue weighted by molar-refractivity contribution is 6.18. The maximum atomic E-state index is 12.4. The summed E-state index contributed by atoms with van der Waals surface area (Å²) in [5.74, 6) is 0.149. The number of fused-ring (bicyclic) bond motifs is 1. The van der Waals surface area contributed by atoms with Gasteiger partial charge < -0.3 is 10.1 Å². The minimum atomic E-state index is -0.207. The average molecular weight is 293 g/mol. The fourth-order valence-electron chi connectivity index (χ4n) is 2.08. The second kappa shape index (κ2) is 6.68. The number of carbonyl (C=O) groups is 1. The zero-order valence-corrected chi connectivity index (χ0v) is 12.3. The van der Waals surface area contributed by atoms with Gasteiger partial charge in [0.15, 0.2) is 0 Å². The molecule has 5 heteroatoms. The summed E-state index contributed by atoms with van der Waals surface area (Å²) >= 11 is 5.82. The molecule has 0 fully saturated rings. The summed E-state index contributed by atoms with van der Waals surface area (Å²) in [6, 6.07) is 9.17. The van der Waals surface area contributed by atoms with Gasteiger partial charge in [0, 0.05) is 24.1 Å². The molecule has 0 aliphatic rings. The summed E-state index contributed by atoms with van der Waals surface area (Å²) in [4.78, 5) is 16.8. The Hall–Kier alpha value is -1.65. The van der Waals surface area contributed by atoms with Crippen molar-refractivity contribution >= 4 is 28.4 Å². The molecule has 1 aromatic carbocycles. The molecule has 1 unspecified atom stereocenters. The van der Waals surface area contributed by atoms with Crippen molar-refractivity contribution in [2.24, 2.45) is 0 Å². The van der Waals surface area contributed by atoms with Gasteiger partial charge in [-0.05, 0) is 19.1 Å². The molecule has 1 aromatic heterocycles. The molecule has 0 spiro atoms. The van der Waals surface area contributed by atoms with E-state index >= 15 is 0 Å². The molecule has 106 valence electrons. The number of hydrogen-bond acceptors (Lipinski definition) is 3. The van der Waals surface area contributed by atoms with Gasteiger partial charge in [0.25, 0.3) is 5.91 Å². The summed E-state index contributed by atoms with van der Waals surface area (Å²) in [6.07, 6.45) is 0. The lowest BCUT2D eigenvalue weighted by Crippen LogP contribution is -2.39. The van der Waals surface area contributed by atoms with Crippen LogP contribution in [0.3, 0.4) is 0 Å². The Morgan fingerprint density at radius 2 is 2.20 bits per heavy atom. The van der Waals surface area contributed by atoms with Crippen LogP contribution in [0, 0.1) is 6.92 Å². The van der Waals surface area contributed by atoms with Gasteiger partial charge in [0.1, 0.15) is 0 Å². The molecule has 1 N–H and O–H groups in total. The van der Waals surface area contributed by atoms with E-state index in [1.165, 1.54) is 0 Å². The number of nitrogens with zero attached hydrogens (tertiary/aromatic N) is 1. The fraction of sp³-hybridized carbons (Fsp3) is 0.333. The summed E-state index contributed by atoms with van der Waals surface area (Å²) in [5, 5.41) is 3.71. The van der Waals surface area contributed by atoms with Crippen LogP contribution < -0.4 is 5.32 Å². The molecular formula is C15H17ClN2O2. The largest absolute Gasteiger partial charge is 0.383 e. The van der Waals surface area contributed by atoms with Crippen molar-refractivity contribution in [3.8, 4) is 0 Å². The second-order valence-electron chi connectivity index (χ2n) is 4.61. The molecule has 0 aliphatic heterocycles. The van der Waals surface area contributed by atoms with Crippen molar-refractivity contribution in [2.75, 3.05) is 19.6 Å². The highest BCUT2D eigenvalue weighted by Gasteiger charge is 2.16. The van der Waals surface area contributed by atoms with Gasteiger partial charge in [-0.2, -0.15) is 0 Å². The first-order valence-corrected chi connectivity index (χ1v) is 6.91. The summed E-state index contributed by atoms with van der Waals surface area (Å²) in [7, 11) is 1.58. The van der Waals surface area contributed by atoms with E-state index < -0.39 is 0 Å². The quantitative estimate of drug-likeness (QED) is 0.862. The number of halogens is 1. The number of carbonyl (C=O) groups excluding carboxylic acids is 1. The Morgan fingerprint density at radius 3 is 2.90 bits per heavy atom. The van der Waals surface area contributed by atoms with E-state index in [1.807, 2.05) is 31.2 Å². The number of benzene rings is 1. The molecule has 2 aromatic rings. The fourth-order valence-corrected chi connectivity index (χ4v) is 2.25. The number of alkyl halides is 1. The van der Waals surface area contributed by atoms with E-state index in [-0.39, 0.29) is 11.9 Å². The first-order chi connectivity index (χ1) is 9.65. The van der Waals surface area contributed by atoms with E-state index in [2.05, 4.69) is 10.3 Å². The Morgan fingerprint density at radius 1 is 1.45 bits per heavy atom. The predicted octanol–water partition coefficient (Wildman–Crippen LogP) is 2.53. The highest BCUT2D eigenvalue weighted by Crippen LogP contribution is 2.18. The van der Waals surface area contributed by atoms with E-state index in [4.69, 9.17) is 16.3 Å². The number of aryl methyl sites for hydroxylation is 1. The van der Waals surface area contributed by atoms with Crippen molar-refractivity contribution < 1.29 is 9.53 Å². The average Bonchev–Trinajstić information content (AvgIpc) is 2.45. The van der Waals surface area contributed by atoms with Gasteiger partial charge in [-0.1, -0.05) is 18.2 Å². The Kier molecular flexibility index (Phi) is 4.93. The van der Waals surface area contributed by atoms with E-state index in [9.17, 15) is 4.79 Å². The molecule has 0 radical (unpaired) electrons. The van der Waals surface area contributed by atoms with Crippen LogP contribution in [0.5, 0.6) is 0 Å². The number of para-hydroxylation sites is 1. The van der Waals surface area contributed by atoms with Crippen LogP contribution in [0.2, 0.25) is 0 Å². The summed E-state index contributed by atoms with van der Waals surface area (Å²) in [6.45, 7) is 2.26. The number of amides is 1. The number of hydrogen-bond donors (Lipinski definition) is 1. The molecule has 0 bridgehead atoms. The van der Waals surface area contributed by atoms with Crippen LogP contribution >= 0.6 is 11.6 Å². The summed E-state index contributed by atoms with van der Waals surface area (Å²) in [5.41, 5.74) is 2.23. The van der Waals surface area contributed by atoms with Gasteiger partial charge in [-0.15, -0.1) is 11.6 Å². The van der Waals surface area contributed by atoms with Crippen molar-refractivity contribution in [2.45, 2.75) is 13.0 Å². The Labute approximate surface area is 123 Å². The first-order valence-electron chi connectivity index (χ1n) is 6.38. The third-order valence-electron chi connectivity index (χ3n) is 2.98. The Bertz CT molecular complexity index is 616. The van der Waals surface area contributed by atoms with E-state index in [0.717, 1.165) is 16.6 Å². The summed E-state index contributed by atoms with van der Waals surface area (Å²) < 4.78 is 5.03. The zero-order chi connectivity index (χ0) is 14.5. The van der Waals surface area contributed by atoms with Crippen LogP contribution in [0.1, 0.15) is 16.1 Å². The lowest BCUT2D eigenvalue weighted by Gasteiger charge is -2.16. The van der Waals surface area contributed by atoms with E-state index in [0.29, 0.717) is 18.1 Å². The standard InChI is InChI=1S/C15H17ClN2O2/c1-10-7-13(12-5-3-4-6-14(12)17-10)15(19)18-11(8-16)9-20-2/h3-7,11H,8-9H2,1-2H3,(H,18,19). The maximum absolute atomic E-state index is 12.4. The first kappa shape index (κ1) is 14.8. The number of ether oxygens (including phenoxy) is 1. The lowest BCUT2D eigenvalue weighted by molar-refractivity contribution is 0.0908. The van der Waals surface area contributed by atoms with Crippen molar-refractivity contribution in [1.29, 1.82) is 0 Å². The monoisotopic (exact) mass is 292 g/mol. The molecule has 2 rings (SSSR count). The molecule has 20 heavy (non-hydrogen) atoms. The third kappa shape index (κ3) is 3.26. The number of pyridine rings is 1. The van der Waals surface area contributed by atoms with Crippen LogP contribution in [0.25, 0.3) is 10.9 Å². The number of aromatic nitrogens is 1. The third-order valence-corrected chi connectivity index (χ3v) is 3.35. The van der Waals surface area contributed by atoms with Gasteiger partial charge in [-0.25, -0.2) is 0 Å². The lowest BCUT2D eigenvalue weighted by atomic mass is 10.1. The second-order valence-corrected chi connectivity index (χ2v) is 4.92. The number of methoxy groups -OCH3 is 1. The number of rotatable bonds is 5. The van der Waals surface area contributed by atoms with Crippen molar-refractivity contribution in [1.82, 2.24) is 10.3 Å². The van der Waals surface area contributed by atoms with Crippen LogP contribution in [0.4, 0.5) is 0 Å². The number of nitrogens with one attached hydrogen (secondary N) is 1. The zero-order valence-electron chi connectivity index (χ0n) is 11.5. The van der Waals surface area contributed by atoms with Gasteiger partial charge in [0.05, 0.1) is 23.7 Å². The smallest absolute Gasteiger partial charge is 0.252 e. The van der Waals surface area contributed by atoms with Gasteiger partial charge >= 0.3 is 0 Å². The van der Waals surface area contributed by atoms with Crippen LogP contribution in [-0.4, -0.2) is 36.5 Å². The maximum Gasteiger partial charge on any atom is 0.252 e. The van der Waals surface area contributed by atoms with Crippen LogP contribution in [0.15, 0.2) is 30.3 Å². The molecule has 0 saturated carbocycles. The SMILES string of the molecule is COCC(CCl)NC(=O)c1cc(C)nc2ccccc12. The molecule has 1 heterocycles. The topological polar surface area (TPSA) is 51.2 Å². The van der Waals surface area contributed by atoms with Crippen molar-refractivity contribution in [3.05, 3.63) is 41.6 Å². The minimum Gasteiger partial charge on any atom is -0.383 e. The molecule has 4 nitrogen and oxygen atoms in total. The molecule has 0 aliphatic carbocycles. The Balaban J connectivity index is 2.34. The van der Waals surface area contributed by atoms with Gasteiger partial charge in [-0.3, -0.25) is 9.78 Å². The molecular weight excluding hydrogens is 276 g/mol. The van der Waals surface area contributed by atoms with Gasteiger partial charge in [0.2, 0.25) is 0 Å². The van der Waals surface area contributed by atoms with Crippen molar-refractivity contribution in [3.63, 3.8) is 0 Å². The van der Waals surface area contributed by atoms with Crippen LogP contribution in [-0.2, 0) is 4.74 Å². The molecule has 1 amide bonds. The molecule has 1 atom stereocenters. The van der Waals surface area contributed by atoms with E-state index in [1.54, 1.807) is 13.2 Å². The predicted molar refractivity (Wildman–Crippen MR) is 80.3 cm³/mol.